The Bertz CT molecular complexity index is 774. The Morgan fingerprint density at radius 1 is 1.32 bits per heavy atom. The van der Waals surface area contributed by atoms with Gasteiger partial charge in [0, 0.05) is 37.2 Å². The van der Waals surface area contributed by atoms with Gasteiger partial charge in [0.05, 0.1) is 13.2 Å². The van der Waals surface area contributed by atoms with Gasteiger partial charge in [0.2, 0.25) is 0 Å². The van der Waals surface area contributed by atoms with Gasteiger partial charge in [-0.25, -0.2) is 4.98 Å². The average Bonchev–Trinajstić information content (AvgIpc) is 3.11. The number of aromatic nitrogens is 4. The summed E-state index contributed by atoms with van der Waals surface area (Å²) >= 11 is 0. The number of nitrogens with one attached hydrogen (secondary N) is 2. The summed E-state index contributed by atoms with van der Waals surface area (Å²) < 4.78 is 5.85. The van der Waals surface area contributed by atoms with Gasteiger partial charge in [-0.15, -0.1) is 0 Å². The van der Waals surface area contributed by atoms with E-state index in [4.69, 9.17) is 4.74 Å². The van der Waals surface area contributed by atoms with Gasteiger partial charge in [-0.1, -0.05) is 0 Å². The number of rotatable bonds is 3. The molecule has 0 bridgehead atoms. The quantitative estimate of drug-likeness (QED) is 0.874. The molecule has 1 amide bonds. The van der Waals surface area contributed by atoms with E-state index in [2.05, 4.69) is 25.5 Å². The minimum absolute atomic E-state index is 0.0254. The maximum Gasteiger partial charge on any atom is 0.274 e. The number of carbonyl (C=O) groups excluding carboxylic acids is 1. The van der Waals surface area contributed by atoms with E-state index in [1.807, 2.05) is 4.90 Å². The number of fused-ring (bicyclic) bond motifs is 1. The van der Waals surface area contributed by atoms with Crippen molar-refractivity contribution in [2.24, 2.45) is 0 Å². The molecule has 0 aromatic carbocycles. The Morgan fingerprint density at radius 2 is 2.16 bits per heavy atom. The third-order valence-corrected chi connectivity index (χ3v) is 4.88. The molecule has 4 rings (SSSR count). The average molecular weight is 342 g/mol. The Kier molecular flexibility index (Phi) is 4.35. The molecule has 3 heterocycles. The molecule has 1 saturated heterocycles. The van der Waals surface area contributed by atoms with E-state index >= 15 is 0 Å². The summed E-state index contributed by atoms with van der Waals surface area (Å²) in [6.45, 7) is 1.49. The minimum Gasteiger partial charge on any atom is -0.372 e. The van der Waals surface area contributed by atoms with Crippen molar-refractivity contribution in [1.82, 2.24) is 25.1 Å². The fourth-order valence-corrected chi connectivity index (χ4v) is 3.58. The number of anilines is 1. The summed E-state index contributed by atoms with van der Waals surface area (Å²) in [5, 5.41) is 10.4. The van der Waals surface area contributed by atoms with Crippen LogP contribution in [0.1, 0.15) is 46.4 Å². The normalized spacial score (nSPS) is 20.2. The molecular weight excluding hydrogens is 320 g/mol. The van der Waals surface area contributed by atoms with E-state index in [1.165, 1.54) is 0 Å². The van der Waals surface area contributed by atoms with Gasteiger partial charge < -0.3 is 15.0 Å². The molecule has 1 aliphatic heterocycles. The van der Waals surface area contributed by atoms with Gasteiger partial charge >= 0.3 is 0 Å². The number of amides is 1. The van der Waals surface area contributed by atoms with E-state index in [0.717, 1.165) is 42.6 Å². The van der Waals surface area contributed by atoms with Crippen LogP contribution >= 0.6 is 0 Å². The van der Waals surface area contributed by atoms with Gasteiger partial charge in [-0.2, -0.15) is 5.10 Å². The predicted octanol–water partition coefficient (Wildman–Crippen LogP) is 1.33. The summed E-state index contributed by atoms with van der Waals surface area (Å²) in [4.78, 5) is 23.5. The van der Waals surface area contributed by atoms with Gasteiger partial charge in [-0.05, 0) is 25.7 Å². The second-order valence-electron chi connectivity index (χ2n) is 6.39. The van der Waals surface area contributed by atoms with Crippen LogP contribution in [0.2, 0.25) is 0 Å². The van der Waals surface area contributed by atoms with Crippen LogP contribution in [0.4, 0.5) is 5.82 Å². The molecule has 8 heteroatoms. The van der Waals surface area contributed by atoms with Crippen molar-refractivity contribution in [2.45, 2.75) is 31.8 Å². The molecule has 25 heavy (non-hydrogen) atoms. The Labute approximate surface area is 146 Å². The van der Waals surface area contributed by atoms with Crippen molar-refractivity contribution < 1.29 is 9.53 Å². The lowest BCUT2D eigenvalue weighted by molar-refractivity contribution is -0.0247. The summed E-state index contributed by atoms with van der Waals surface area (Å²) in [6.07, 6.45) is 7.16. The zero-order valence-electron chi connectivity index (χ0n) is 14.3. The smallest absolute Gasteiger partial charge is 0.274 e. The first kappa shape index (κ1) is 16.0. The molecular formula is C17H22N6O2. The first-order chi connectivity index (χ1) is 12.3. The van der Waals surface area contributed by atoms with Crippen molar-refractivity contribution in [2.75, 3.05) is 32.1 Å². The molecule has 0 spiro atoms. The van der Waals surface area contributed by atoms with E-state index < -0.39 is 0 Å². The van der Waals surface area contributed by atoms with Gasteiger partial charge in [0.25, 0.3) is 5.91 Å². The zero-order valence-corrected chi connectivity index (χ0v) is 14.3. The number of hydrogen-bond donors (Lipinski definition) is 2. The predicted molar refractivity (Wildman–Crippen MR) is 91.4 cm³/mol. The van der Waals surface area contributed by atoms with Crippen LogP contribution < -0.4 is 5.32 Å². The summed E-state index contributed by atoms with van der Waals surface area (Å²) in [5.41, 5.74) is 3.51. The summed E-state index contributed by atoms with van der Waals surface area (Å²) in [7, 11) is 1.80. The highest BCUT2D eigenvalue weighted by Crippen LogP contribution is 2.27. The van der Waals surface area contributed by atoms with Crippen molar-refractivity contribution in [3.63, 3.8) is 0 Å². The van der Waals surface area contributed by atoms with Crippen molar-refractivity contribution >= 4 is 11.7 Å². The molecule has 8 nitrogen and oxygen atoms in total. The zero-order chi connectivity index (χ0) is 17.2. The van der Waals surface area contributed by atoms with E-state index in [1.54, 1.807) is 19.4 Å². The lowest BCUT2D eigenvalue weighted by Crippen LogP contribution is -2.43. The van der Waals surface area contributed by atoms with Gasteiger partial charge in [0.15, 0.2) is 5.69 Å². The molecule has 0 saturated carbocycles. The molecule has 0 radical (unpaired) electrons. The highest BCUT2D eigenvalue weighted by Gasteiger charge is 2.31. The van der Waals surface area contributed by atoms with Crippen LogP contribution in [0.15, 0.2) is 12.4 Å². The van der Waals surface area contributed by atoms with Crippen molar-refractivity contribution in [3.8, 4) is 0 Å². The fraction of sp³-hybridized carbons (Fsp3) is 0.529. The van der Waals surface area contributed by atoms with E-state index in [-0.39, 0.29) is 12.0 Å². The van der Waals surface area contributed by atoms with Gasteiger partial charge in [-0.3, -0.25) is 14.9 Å². The lowest BCUT2D eigenvalue weighted by atomic mass is 9.95. The monoisotopic (exact) mass is 342 g/mol. The first-order valence-corrected chi connectivity index (χ1v) is 8.73. The topological polar surface area (TPSA) is 96.0 Å². The standard InChI is InChI=1S/C17H22N6O2/c1-18-16-15(19-6-7-20-16)13-10-23(8-9-25-13)17(24)14-11-4-2-3-5-12(11)21-22-14/h6-7,13H,2-5,8-10H2,1H3,(H,18,20)(H,21,22)/t13-/m0/s1. The maximum absolute atomic E-state index is 13.0. The van der Waals surface area contributed by atoms with Gasteiger partial charge in [0.1, 0.15) is 17.6 Å². The second kappa shape index (κ2) is 6.79. The van der Waals surface area contributed by atoms with Crippen LogP contribution in [-0.4, -0.2) is 57.7 Å². The molecule has 0 unspecified atom stereocenters. The molecule has 132 valence electrons. The molecule has 2 aliphatic rings. The van der Waals surface area contributed by atoms with Crippen LogP contribution in [0, 0.1) is 0 Å². The highest BCUT2D eigenvalue weighted by molar-refractivity contribution is 5.94. The second-order valence-corrected chi connectivity index (χ2v) is 6.39. The third kappa shape index (κ3) is 2.97. The number of carbonyl (C=O) groups is 1. The first-order valence-electron chi connectivity index (χ1n) is 8.73. The Morgan fingerprint density at radius 3 is 3.04 bits per heavy atom. The summed E-state index contributed by atoms with van der Waals surface area (Å²) in [6, 6.07) is 0. The molecule has 2 N–H and O–H groups in total. The van der Waals surface area contributed by atoms with Crippen molar-refractivity contribution in [1.29, 1.82) is 0 Å². The fourth-order valence-electron chi connectivity index (χ4n) is 3.58. The lowest BCUT2D eigenvalue weighted by Gasteiger charge is -2.33. The number of ether oxygens (including phenoxy) is 1. The minimum atomic E-state index is -0.288. The number of H-pyrrole nitrogens is 1. The van der Waals surface area contributed by atoms with Crippen molar-refractivity contribution in [3.05, 3.63) is 35.0 Å². The molecule has 1 atom stereocenters. The number of aryl methyl sites for hydroxylation is 1. The molecule has 2 aromatic heterocycles. The number of nitrogens with zero attached hydrogens (tertiary/aromatic N) is 4. The highest BCUT2D eigenvalue weighted by atomic mass is 16.5. The molecule has 1 fully saturated rings. The van der Waals surface area contributed by atoms with Crippen LogP contribution in [-0.2, 0) is 17.6 Å². The molecule has 2 aromatic rings. The Hall–Kier alpha value is -2.48. The Balaban J connectivity index is 1.55. The van der Waals surface area contributed by atoms with Crippen LogP contribution in [0.3, 0.4) is 0 Å². The largest absolute Gasteiger partial charge is 0.372 e. The maximum atomic E-state index is 13.0. The van der Waals surface area contributed by atoms with E-state index in [9.17, 15) is 4.79 Å². The van der Waals surface area contributed by atoms with Crippen LogP contribution in [0.25, 0.3) is 0 Å². The van der Waals surface area contributed by atoms with E-state index in [0.29, 0.717) is 31.2 Å². The molecule has 1 aliphatic carbocycles. The number of aromatic amines is 1. The number of hydrogen-bond acceptors (Lipinski definition) is 6. The van der Waals surface area contributed by atoms with Crippen LogP contribution in [0.5, 0.6) is 0 Å². The SMILES string of the molecule is CNc1nccnc1[C@@H]1CN(C(=O)c2n[nH]c3c2CCCC3)CCO1. The third-order valence-electron chi connectivity index (χ3n) is 4.88. The number of morpholine rings is 1. The summed E-state index contributed by atoms with van der Waals surface area (Å²) in [5.74, 6) is 0.654.